The van der Waals surface area contributed by atoms with Crippen molar-refractivity contribution in [3.8, 4) is 12.3 Å². The molecule has 22 heavy (non-hydrogen) atoms. The summed E-state index contributed by atoms with van der Waals surface area (Å²) in [6.45, 7) is -0.193. The van der Waals surface area contributed by atoms with Crippen LogP contribution in [-0.2, 0) is 14.8 Å². The van der Waals surface area contributed by atoms with Crippen molar-refractivity contribution in [1.82, 2.24) is 4.31 Å². The molecule has 0 unspecified atom stereocenters. The number of ketones is 1. The maximum Gasteiger partial charge on any atom is 0.269 e. The maximum atomic E-state index is 12.6. The van der Waals surface area contributed by atoms with Crippen molar-refractivity contribution in [1.29, 1.82) is 0 Å². The van der Waals surface area contributed by atoms with Crippen molar-refractivity contribution in [3.05, 3.63) is 46.5 Å². The van der Waals surface area contributed by atoms with E-state index in [0.29, 0.717) is 0 Å². The second-order valence-corrected chi connectivity index (χ2v) is 6.49. The molecule has 0 aromatic heterocycles. The number of nitro benzene ring substituents is 1. The number of nitro groups is 1. The summed E-state index contributed by atoms with van der Waals surface area (Å²) in [7, 11) is -3.95. The summed E-state index contributed by atoms with van der Waals surface area (Å²) in [6.07, 6.45) is 8.06. The van der Waals surface area contributed by atoms with Gasteiger partial charge in [0.1, 0.15) is 0 Å². The fourth-order valence-electron chi connectivity index (χ4n) is 2.10. The molecule has 114 valence electrons. The molecule has 1 atom stereocenters. The van der Waals surface area contributed by atoms with E-state index in [1.165, 1.54) is 12.2 Å². The van der Waals surface area contributed by atoms with Gasteiger partial charge >= 0.3 is 0 Å². The lowest BCUT2D eigenvalue weighted by atomic mass is 10.2. The number of carbonyl (C=O) groups is 1. The van der Waals surface area contributed by atoms with Crippen molar-refractivity contribution in [2.24, 2.45) is 0 Å². The molecule has 0 N–H and O–H groups in total. The summed E-state index contributed by atoms with van der Waals surface area (Å²) in [6, 6.07) is 3.88. The molecule has 0 heterocycles. The number of allylic oxidation sites excluding steroid dienone is 1. The average Bonchev–Trinajstić information content (AvgIpc) is 2.90. The molecular weight excluding hydrogens is 308 g/mol. The van der Waals surface area contributed by atoms with Gasteiger partial charge in [-0.25, -0.2) is 8.42 Å². The number of benzene rings is 1. The summed E-state index contributed by atoms with van der Waals surface area (Å²) in [5, 5.41) is 10.6. The van der Waals surface area contributed by atoms with Crippen molar-refractivity contribution in [2.75, 3.05) is 6.54 Å². The van der Waals surface area contributed by atoms with E-state index in [1.807, 2.05) is 0 Å². The van der Waals surface area contributed by atoms with Crippen LogP contribution >= 0.6 is 0 Å². The summed E-state index contributed by atoms with van der Waals surface area (Å²) >= 11 is 0. The first-order valence-corrected chi connectivity index (χ1v) is 7.71. The minimum absolute atomic E-state index is 0.0356. The Bertz CT molecular complexity index is 774. The zero-order chi connectivity index (χ0) is 16.3. The van der Waals surface area contributed by atoms with Crippen LogP contribution in [0.25, 0.3) is 0 Å². The first-order valence-electron chi connectivity index (χ1n) is 6.27. The van der Waals surface area contributed by atoms with Gasteiger partial charge in [0.15, 0.2) is 5.78 Å². The molecule has 1 aliphatic rings. The van der Waals surface area contributed by atoms with Gasteiger partial charge in [0.05, 0.1) is 22.4 Å². The van der Waals surface area contributed by atoms with Crippen LogP contribution in [0.1, 0.15) is 6.42 Å². The first-order chi connectivity index (χ1) is 10.4. The molecule has 0 bridgehead atoms. The highest BCUT2D eigenvalue weighted by Crippen LogP contribution is 2.24. The Morgan fingerprint density at radius 3 is 2.45 bits per heavy atom. The van der Waals surface area contributed by atoms with Crippen LogP contribution in [0.3, 0.4) is 0 Å². The van der Waals surface area contributed by atoms with E-state index in [-0.39, 0.29) is 29.3 Å². The Balaban J connectivity index is 2.37. The summed E-state index contributed by atoms with van der Waals surface area (Å²) < 4.78 is 26.3. The third-order valence-corrected chi connectivity index (χ3v) is 5.07. The second-order valence-electron chi connectivity index (χ2n) is 4.60. The van der Waals surface area contributed by atoms with Gasteiger partial charge < -0.3 is 0 Å². The molecule has 0 amide bonds. The Morgan fingerprint density at radius 2 is 2.00 bits per heavy atom. The van der Waals surface area contributed by atoms with E-state index in [2.05, 4.69) is 5.92 Å². The second kappa shape index (κ2) is 6.09. The van der Waals surface area contributed by atoms with Crippen LogP contribution in [0.5, 0.6) is 0 Å². The predicted molar refractivity (Wildman–Crippen MR) is 78.4 cm³/mol. The van der Waals surface area contributed by atoms with Gasteiger partial charge in [-0.2, -0.15) is 4.31 Å². The van der Waals surface area contributed by atoms with Crippen LogP contribution in [0.2, 0.25) is 0 Å². The van der Waals surface area contributed by atoms with Crippen molar-refractivity contribution in [3.63, 3.8) is 0 Å². The van der Waals surface area contributed by atoms with Crippen molar-refractivity contribution in [2.45, 2.75) is 17.4 Å². The highest BCUT2D eigenvalue weighted by atomic mass is 32.2. The molecule has 7 nitrogen and oxygen atoms in total. The average molecular weight is 320 g/mol. The number of sulfonamides is 1. The Labute approximate surface area is 127 Å². The molecule has 0 fully saturated rings. The lowest BCUT2D eigenvalue weighted by Crippen LogP contribution is -2.39. The van der Waals surface area contributed by atoms with Gasteiger partial charge in [-0.05, 0) is 18.2 Å². The number of rotatable bonds is 5. The van der Waals surface area contributed by atoms with Gasteiger partial charge in [0, 0.05) is 18.6 Å². The SMILES string of the molecule is C#CCN([C@@H]1C=CC(=O)C1)S(=O)(=O)c1ccc([N+](=O)[O-])cc1. The van der Waals surface area contributed by atoms with Gasteiger partial charge in [0.2, 0.25) is 10.0 Å². The van der Waals surface area contributed by atoms with Gasteiger partial charge in [-0.1, -0.05) is 12.0 Å². The zero-order valence-corrected chi connectivity index (χ0v) is 12.2. The fourth-order valence-corrected chi connectivity index (χ4v) is 3.60. The van der Waals surface area contributed by atoms with E-state index in [0.717, 1.165) is 28.6 Å². The van der Waals surface area contributed by atoms with Crippen LogP contribution in [-0.4, -0.2) is 36.0 Å². The normalized spacial score (nSPS) is 17.6. The van der Waals surface area contributed by atoms with Crippen LogP contribution in [0.15, 0.2) is 41.3 Å². The monoisotopic (exact) mass is 320 g/mol. The third-order valence-electron chi connectivity index (χ3n) is 3.19. The number of terminal acetylenes is 1. The molecule has 0 radical (unpaired) electrons. The predicted octanol–water partition coefficient (Wildman–Crippen LogP) is 1.12. The highest BCUT2D eigenvalue weighted by molar-refractivity contribution is 7.89. The highest BCUT2D eigenvalue weighted by Gasteiger charge is 2.33. The van der Waals surface area contributed by atoms with Crippen LogP contribution in [0.4, 0.5) is 5.69 Å². The molecule has 2 rings (SSSR count). The fraction of sp³-hybridized carbons (Fsp3) is 0.214. The Kier molecular flexibility index (Phi) is 4.40. The summed E-state index contributed by atoms with van der Waals surface area (Å²) in [4.78, 5) is 21.2. The molecular formula is C14H12N2O5S. The van der Waals surface area contributed by atoms with E-state index in [9.17, 15) is 23.3 Å². The van der Waals surface area contributed by atoms with E-state index in [1.54, 1.807) is 0 Å². The Morgan fingerprint density at radius 1 is 1.36 bits per heavy atom. The maximum absolute atomic E-state index is 12.6. The zero-order valence-electron chi connectivity index (χ0n) is 11.4. The van der Waals surface area contributed by atoms with Crippen LogP contribution < -0.4 is 0 Å². The molecule has 0 aliphatic heterocycles. The number of nitrogens with zero attached hydrogens (tertiary/aromatic N) is 2. The summed E-state index contributed by atoms with van der Waals surface area (Å²) in [5.74, 6) is 2.08. The first kappa shape index (κ1) is 15.9. The van der Waals surface area contributed by atoms with Crippen LogP contribution in [0, 0.1) is 22.5 Å². The molecule has 0 spiro atoms. The number of carbonyl (C=O) groups excluding carboxylic acids is 1. The molecule has 0 saturated heterocycles. The molecule has 8 heteroatoms. The molecule has 1 aromatic carbocycles. The van der Waals surface area contributed by atoms with Gasteiger partial charge in [0.25, 0.3) is 5.69 Å². The minimum atomic E-state index is -3.95. The van der Waals surface area contributed by atoms with Crippen molar-refractivity contribution >= 4 is 21.5 Å². The quantitative estimate of drug-likeness (QED) is 0.460. The topological polar surface area (TPSA) is 97.6 Å². The third kappa shape index (κ3) is 3.05. The standard InChI is InChI=1S/C14H12N2O5S/c1-2-9-15(12-3-6-13(17)10-12)22(20,21)14-7-4-11(5-8-14)16(18)19/h1,3-8,12H,9-10H2/t12-/m1/s1. The van der Waals surface area contributed by atoms with Crippen molar-refractivity contribution < 1.29 is 18.1 Å². The number of non-ortho nitro benzene ring substituents is 1. The summed E-state index contributed by atoms with van der Waals surface area (Å²) in [5.41, 5.74) is -0.210. The molecule has 0 saturated carbocycles. The lowest BCUT2D eigenvalue weighted by molar-refractivity contribution is -0.384. The molecule has 1 aliphatic carbocycles. The number of hydrogen-bond donors (Lipinski definition) is 0. The van der Waals surface area contributed by atoms with E-state index < -0.39 is 21.0 Å². The lowest BCUT2D eigenvalue weighted by Gasteiger charge is -2.24. The molecule has 1 aromatic rings. The van der Waals surface area contributed by atoms with E-state index >= 15 is 0 Å². The van der Waals surface area contributed by atoms with Gasteiger partial charge in [-0.3, -0.25) is 14.9 Å². The smallest absolute Gasteiger partial charge is 0.269 e. The minimum Gasteiger partial charge on any atom is -0.295 e. The van der Waals surface area contributed by atoms with Gasteiger partial charge in [-0.15, -0.1) is 6.42 Å². The van der Waals surface area contributed by atoms with E-state index in [4.69, 9.17) is 6.42 Å². The number of hydrogen-bond acceptors (Lipinski definition) is 5. The Hall–Kier alpha value is -2.50. The largest absolute Gasteiger partial charge is 0.295 e.